The van der Waals surface area contributed by atoms with Crippen molar-refractivity contribution < 1.29 is 4.57 Å². The van der Waals surface area contributed by atoms with Crippen LogP contribution in [0.2, 0.25) is 0 Å². The Hall–Kier alpha value is -2.22. The zero-order valence-electron chi connectivity index (χ0n) is 12.4. The third-order valence-corrected chi connectivity index (χ3v) is 3.98. The Kier molecular flexibility index (Phi) is 3.01. The van der Waals surface area contributed by atoms with E-state index in [0.29, 0.717) is 0 Å². The van der Waals surface area contributed by atoms with Crippen LogP contribution in [0.1, 0.15) is 16.7 Å². The van der Waals surface area contributed by atoms with Crippen molar-refractivity contribution >= 4 is 10.8 Å². The van der Waals surface area contributed by atoms with E-state index in [2.05, 4.69) is 61.8 Å². The van der Waals surface area contributed by atoms with E-state index in [1.165, 1.54) is 38.7 Å². The van der Waals surface area contributed by atoms with Crippen molar-refractivity contribution in [2.45, 2.75) is 20.8 Å². The van der Waals surface area contributed by atoms with Crippen LogP contribution in [0.3, 0.4) is 0 Å². The molecule has 0 amide bonds. The number of pyridine rings is 2. The van der Waals surface area contributed by atoms with Crippen molar-refractivity contribution in [1.29, 1.82) is 0 Å². The first kappa shape index (κ1) is 12.8. The van der Waals surface area contributed by atoms with Crippen molar-refractivity contribution in [3.63, 3.8) is 0 Å². The fraction of sp³-hybridized carbons (Fsp3) is 0.222. The average molecular weight is 263 g/mol. The average Bonchev–Trinajstić information content (AvgIpc) is 2.42. The molecule has 0 saturated heterocycles. The van der Waals surface area contributed by atoms with Gasteiger partial charge in [0.1, 0.15) is 7.05 Å². The molecule has 0 fully saturated rings. The minimum atomic E-state index is 1.18. The predicted molar refractivity (Wildman–Crippen MR) is 82.6 cm³/mol. The first-order chi connectivity index (χ1) is 9.56. The fourth-order valence-corrected chi connectivity index (χ4v) is 2.76. The molecule has 0 aliphatic heterocycles. The summed E-state index contributed by atoms with van der Waals surface area (Å²) in [5, 5.41) is 2.40. The van der Waals surface area contributed by atoms with Gasteiger partial charge in [-0.3, -0.25) is 4.98 Å². The van der Waals surface area contributed by atoms with Gasteiger partial charge in [0.15, 0.2) is 6.20 Å². The van der Waals surface area contributed by atoms with Gasteiger partial charge in [-0.05, 0) is 44.0 Å². The summed E-state index contributed by atoms with van der Waals surface area (Å²) in [4.78, 5) is 4.23. The molecule has 3 aromatic rings. The van der Waals surface area contributed by atoms with Crippen LogP contribution in [0.15, 0.2) is 42.9 Å². The number of nitrogens with zero attached hydrogens (tertiary/aromatic N) is 2. The summed E-state index contributed by atoms with van der Waals surface area (Å²) in [5.74, 6) is 0. The molecular formula is C18H19N2+. The van der Waals surface area contributed by atoms with E-state index in [9.17, 15) is 0 Å². The highest BCUT2D eigenvalue weighted by Crippen LogP contribution is 2.26. The summed E-state index contributed by atoms with van der Waals surface area (Å²) in [6, 6.07) is 8.78. The molecule has 0 aliphatic carbocycles. The van der Waals surface area contributed by atoms with Crippen LogP contribution < -0.4 is 4.57 Å². The molecule has 2 aromatic heterocycles. The number of benzene rings is 1. The lowest BCUT2D eigenvalue weighted by molar-refractivity contribution is -0.659. The van der Waals surface area contributed by atoms with Gasteiger partial charge in [0.05, 0.1) is 0 Å². The summed E-state index contributed by atoms with van der Waals surface area (Å²) in [6.07, 6.45) is 5.93. The van der Waals surface area contributed by atoms with Crippen LogP contribution in [-0.2, 0) is 7.05 Å². The molecule has 0 atom stereocenters. The van der Waals surface area contributed by atoms with Crippen LogP contribution in [0.25, 0.3) is 22.0 Å². The lowest BCUT2D eigenvalue weighted by Gasteiger charge is -2.10. The monoisotopic (exact) mass is 263 g/mol. The molecule has 2 nitrogen and oxygen atoms in total. The molecule has 0 aliphatic rings. The minimum Gasteiger partial charge on any atom is -0.264 e. The van der Waals surface area contributed by atoms with Crippen molar-refractivity contribution in [1.82, 2.24) is 4.98 Å². The number of aryl methyl sites for hydroxylation is 3. The molecule has 100 valence electrons. The Bertz CT molecular complexity index is 804. The minimum absolute atomic E-state index is 1.18. The van der Waals surface area contributed by atoms with Gasteiger partial charge >= 0.3 is 0 Å². The maximum absolute atomic E-state index is 4.23. The van der Waals surface area contributed by atoms with E-state index in [0.717, 1.165) is 0 Å². The van der Waals surface area contributed by atoms with Crippen LogP contribution in [0.5, 0.6) is 0 Å². The largest absolute Gasteiger partial charge is 0.264 e. The molecule has 20 heavy (non-hydrogen) atoms. The summed E-state index contributed by atoms with van der Waals surface area (Å²) >= 11 is 0. The molecule has 0 saturated carbocycles. The smallest absolute Gasteiger partial charge is 0.213 e. The standard InChI is InChI=1S/C18H19N2/c1-12-7-13(2)14(3)17(8-12)18-9-16-10-19-6-5-15(16)11-20(18)4/h5-11H,1-4H3/q+1. The Labute approximate surface area is 119 Å². The summed E-state index contributed by atoms with van der Waals surface area (Å²) in [6.45, 7) is 6.52. The fourth-order valence-electron chi connectivity index (χ4n) is 2.76. The highest BCUT2D eigenvalue weighted by molar-refractivity contribution is 5.83. The Morgan fingerprint density at radius 2 is 1.80 bits per heavy atom. The highest BCUT2D eigenvalue weighted by atomic mass is 14.9. The SMILES string of the molecule is Cc1cc(C)c(C)c(-c2cc3cnccc3c[n+]2C)c1. The maximum Gasteiger partial charge on any atom is 0.213 e. The van der Waals surface area contributed by atoms with Gasteiger partial charge in [0, 0.05) is 34.8 Å². The predicted octanol–water partition coefficient (Wildman–Crippen LogP) is 3.65. The van der Waals surface area contributed by atoms with Gasteiger partial charge < -0.3 is 0 Å². The van der Waals surface area contributed by atoms with Crippen LogP contribution >= 0.6 is 0 Å². The van der Waals surface area contributed by atoms with E-state index in [1.54, 1.807) is 0 Å². The normalized spacial score (nSPS) is 11.0. The van der Waals surface area contributed by atoms with Crippen molar-refractivity contribution in [3.8, 4) is 11.3 Å². The van der Waals surface area contributed by atoms with E-state index >= 15 is 0 Å². The van der Waals surface area contributed by atoms with Crippen LogP contribution in [0, 0.1) is 20.8 Å². The van der Waals surface area contributed by atoms with E-state index in [-0.39, 0.29) is 0 Å². The molecule has 2 heteroatoms. The topological polar surface area (TPSA) is 16.8 Å². The summed E-state index contributed by atoms with van der Waals surface area (Å²) in [5.41, 5.74) is 6.51. The zero-order valence-corrected chi connectivity index (χ0v) is 12.4. The van der Waals surface area contributed by atoms with E-state index in [1.807, 2.05) is 18.5 Å². The number of fused-ring (bicyclic) bond motifs is 1. The lowest BCUT2D eigenvalue weighted by Crippen LogP contribution is -2.30. The molecule has 3 rings (SSSR count). The first-order valence-corrected chi connectivity index (χ1v) is 6.88. The quantitative estimate of drug-likeness (QED) is 0.612. The number of aromatic nitrogens is 2. The van der Waals surface area contributed by atoms with Gasteiger partial charge in [-0.25, -0.2) is 4.57 Å². The molecule has 2 heterocycles. The number of hydrogen-bond donors (Lipinski definition) is 0. The van der Waals surface area contributed by atoms with Crippen molar-refractivity contribution in [3.05, 3.63) is 59.5 Å². The molecule has 0 N–H and O–H groups in total. The van der Waals surface area contributed by atoms with Gasteiger partial charge in [0.2, 0.25) is 5.69 Å². The second-order valence-corrected chi connectivity index (χ2v) is 5.53. The maximum atomic E-state index is 4.23. The van der Waals surface area contributed by atoms with Crippen LogP contribution in [-0.4, -0.2) is 4.98 Å². The van der Waals surface area contributed by atoms with Crippen LogP contribution in [0.4, 0.5) is 0 Å². The molecule has 0 spiro atoms. The Balaban J connectivity index is 2.32. The Morgan fingerprint density at radius 1 is 1.00 bits per heavy atom. The summed E-state index contributed by atoms with van der Waals surface area (Å²) in [7, 11) is 2.10. The number of hydrogen-bond acceptors (Lipinski definition) is 1. The van der Waals surface area contributed by atoms with Gasteiger partial charge in [-0.2, -0.15) is 0 Å². The van der Waals surface area contributed by atoms with Gasteiger partial charge in [-0.15, -0.1) is 0 Å². The third kappa shape index (κ3) is 2.07. The molecule has 0 bridgehead atoms. The Morgan fingerprint density at radius 3 is 2.60 bits per heavy atom. The van der Waals surface area contributed by atoms with E-state index < -0.39 is 0 Å². The lowest BCUT2D eigenvalue weighted by atomic mass is 9.96. The molecular weight excluding hydrogens is 244 g/mol. The molecule has 0 unspecified atom stereocenters. The molecule has 0 radical (unpaired) electrons. The zero-order chi connectivity index (χ0) is 14.3. The van der Waals surface area contributed by atoms with Crippen molar-refractivity contribution in [2.24, 2.45) is 7.05 Å². The first-order valence-electron chi connectivity index (χ1n) is 6.88. The third-order valence-electron chi connectivity index (χ3n) is 3.98. The second kappa shape index (κ2) is 4.71. The second-order valence-electron chi connectivity index (χ2n) is 5.53. The van der Waals surface area contributed by atoms with Crippen molar-refractivity contribution in [2.75, 3.05) is 0 Å². The van der Waals surface area contributed by atoms with Gasteiger partial charge in [0.25, 0.3) is 0 Å². The molecule has 1 aromatic carbocycles. The van der Waals surface area contributed by atoms with E-state index in [4.69, 9.17) is 0 Å². The highest BCUT2D eigenvalue weighted by Gasteiger charge is 2.15. The number of rotatable bonds is 1. The summed E-state index contributed by atoms with van der Waals surface area (Å²) < 4.78 is 2.20. The van der Waals surface area contributed by atoms with Gasteiger partial charge in [-0.1, -0.05) is 11.6 Å².